The summed E-state index contributed by atoms with van der Waals surface area (Å²) in [6.45, 7) is 4.40. The summed E-state index contributed by atoms with van der Waals surface area (Å²) < 4.78 is 0. The smallest absolute Gasteiger partial charge is 0.247 e. The van der Waals surface area contributed by atoms with Crippen LogP contribution in [0.2, 0.25) is 10.0 Å². The first-order valence-corrected chi connectivity index (χ1v) is 9.93. The number of nitrogen functional groups attached to an aromatic ring is 1. The fourth-order valence-corrected chi connectivity index (χ4v) is 3.85. The van der Waals surface area contributed by atoms with Crippen LogP contribution in [0.5, 0.6) is 0 Å². The summed E-state index contributed by atoms with van der Waals surface area (Å²) >= 11 is 12.1. The third-order valence-corrected chi connectivity index (χ3v) is 5.43. The van der Waals surface area contributed by atoms with Crippen molar-refractivity contribution in [1.82, 2.24) is 4.90 Å². The van der Waals surface area contributed by atoms with Crippen molar-refractivity contribution in [3.8, 4) is 0 Å². The Bertz CT molecular complexity index is 891. The molecular formula is C21H23Cl2N3O2. The van der Waals surface area contributed by atoms with Crippen molar-refractivity contribution in [3.05, 3.63) is 57.6 Å². The van der Waals surface area contributed by atoms with Gasteiger partial charge in [-0.3, -0.25) is 9.59 Å². The monoisotopic (exact) mass is 419 g/mol. The van der Waals surface area contributed by atoms with E-state index in [2.05, 4.69) is 5.32 Å². The van der Waals surface area contributed by atoms with E-state index in [-0.39, 0.29) is 33.5 Å². The van der Waals surface area contributed by atoms with E-state index in [4.69, 9.17) is 28.9 Å². The van der Waals surface area contributed by atoms with Gasteiger partial charge in [-0.25, -0.2) is 0 Å². The number of rotatable bonds is 4. The maximum atomic E-state index is 13.1. The molecule has 0 aliphatic carbocycles. The van der Waals surface area contributed by atoms with Crippen LogP contribution in [0.15, 0.2) is 36.4 Å². The summed E-state index contributed by atoms with van der Waals surface area (Å²) in [7, 11) is 0. The number of hydrogen-bond donors (Lipinski definition) is 2. The van der Waals surface area contributed by atoms with E-state index in [9.17, 15) is 9.59 Å². The maximum absolute atomic E-state index is 13.1. The van der Waals surface area contributed by atoms with Crippen molar-refractivity contribution in [2.24, 2.45) is 5.92 Å². The van der Waals surface area contributed by atoms with E-state index in [1.807, 2.05) is 38.1 Å². The fraction of sp³-hybridized carbons (Fsp3) is 0.333. The molecule has 0 saturated carbocycles. The zero-order chi connectivity index (χ0) is 20.4. The third kappa shape index (κ3) is 4.42. The summed E-state index contributed by atoms with van der Waals surface area (Å²) in [5.41, 5.74) is 8.62. The van der Waals surface area contributed by atoms with Crippen LogP contribution in [0.25, 0.3) is 0 Å². The van der Waals surface area contributed by atoms with Gasteiger partial charge in [0.1, 0.15) is 6.04 Å². The molecule has 2 aromatic carbocycles. The first-order valence-electron chi connectivity index (χ1n) is 9.18. The lowest BCUT2D eigenvalue weighted by Crippen LogP contribution is -2.50. The first-order chi connectivity index (χ1) is 13.3. The van der Waals surface area contributed by atoms with Crippen molar-refractivity contribution in [2.45, 2.75) is 39.3 Å². The van der Waals surface area contributed by atoms with Crippen LogP contribution in [0.3, 0.4) is 0 Å². The average molecular weight is 420 g/mol. The second kappa shape index (κ2) is 8.41. The summed E-state index contributed by atoms with van der Waals surface area (Å²) in [5.74, 6) is -0.0929. The van der Waals surface area contributed by atoms with Gasteiger partial charge in [0.25, 0.3) is 0 Å². The van der Waals surface area contributed by atoms with Gasteiger partial charge in [0.15, 0.2) is 0 Å². The Morgan fingerprint density at radius 1 is 1.18 bits per heavy atom. The van der Waals surface area contributed by atoms with Crippen molar-refractivity contribution in [1.29, 1.82) is 0 Å². The molecular weight excluding hydrogens is 397 g/mol. The highest BCUT2D eigenvalue weighted by Gasteiger charge is 2.34. The van der Waals surface area contributed by atoms with Gasteiger partial charge in [-0.15, -0.1) is 0 Å². The molecule has 0 saturated heterocycles. The molecule has 1 unspecified atom stereocenters. The number of anilines is 2. The Morgan fingerprint density at radius 2 is 1.79 bits per heavy atom. The van der Waals surface area contributed by atoms with Crippen LogP contribution in [0, 0.1) is 5.92 Å². The summed E-state index contributed by atoms with van der Waals surface area (Å²) in [5, 5.41) is 3.37. The maximum Gasteiger partial charge on any atom is 0.247 e. The molecule has 1 atom stereocenters. The number of nitrogens with zero attached hydrogens (tertiary/aromatic N) is 1. The van der Waals surface area contributed by atoms with Crippen LogP contribution < -0.4 is 11.1 Å². The second-order valence-corrected chi connectivity index (χ2v) is 8.27. The molecule has 5 nitrogen and oxygen atoms in total. The minimum atomic E-state index is -0.601. The van der Waals surface area contributed by atoms with Gasteiger partial charge in [-0.05, 0) is 29.2 Å². The third-order valence-electron chi connectivity index (χ3n) is 4.80. The molecule has 0 aromatic heterocycles. The molecule has 0 spiro atoms. The molecule has 1 aliphatic heterocycles. The molecule has 7 heteroatoms. The van der Waals surface area contributed by atoms with Gasteiger partial charge in [0.05, 0.1) is 15.7 Å². The molecule has 2 amide bonds. The highest BCUT2D eigenvalue weighted by atomic mass is 35.5. The topological polar surface area (TPSA) is 75.4 Å². The molecule has 0 fully saturated rings. The molecule has 3 rings (SSSR count). The van der Waals surface area contributed by atoms with E-state index < -0.39 is 6.04 Å². The quantitative estimate of drug-likeness (QED) is 0.715. The normalized spacial score (nSPS) is 16.0. The van der Waals surface area contributed by atoms with Crippen LogP contribution >= 0.6 is 23.2 Å². The lowest BCUT2D eigenvalue weighted by atomic mass is 9.92. The number of amides is 2. The van der Waals surface area contributed by atoms with Gasteiger partial charge >= 0.3 is 0 Å². The predicted molar refractivity (Wildman–Crippen MR) is 113 cm³/mol. The number of carbonyl (C=O) groups excluding carboxylic acids is 2. The number of nitrogens with one attached hydrogen (secondary N) is 1. The number of fused-ring (bicyclic) bond motifs is 1. The summed E-state index contributed by atoms with van der Waals surface area (Å²) in [4.78, 5) is 27.6. The highest BCUT2D eigenvalue weighted by Crippen LogP contribution is 2.32. The van der Waals surface area contributed by atoms with Gasteiger partial charge in [0.2, 0.25) is 11.8 Å². The summed E-state index contributed by atoms with van der Waals surface area (Å²) in [6, 6.07) is 10.4. The van der Waals surface area contributed by atoms with E-state index in [1.165, 1.54) is 0 Å². The Labute approximate surface area is 174 Å². The molecule has 0 radical (unpaired) electrons. The molecule has 2 aromatic rings. The predicted octanol–water partition coefficient (Wildman–Crippen LogP) is 4.51. The zero-order valence-corrected chi connectivity index (χ0v) is 17.3. The molecule has 3 N–H and O–H groups in total. The van der Waals surface area contributed by atoms with Gasteiger partial charge < -0.3 is 16.0 Å². The summed E-state index contributed by atoms with van der Waals surface area (Å²) in [6.07, 6.45) is 0.855. The van der Waals surface area contributed by atoms with E-state index >= 15 is 0 Å². The molecule has 28 heavy (non-hydrogen) atoms. The van der Waals surface area contributed by atoms with Crippen LogP contribution in [-0.4, -0.2) is 22.8 Å². The number of hydrogen-bond acceptors (Lipinski definition) is 3. The van der Waals surface area contributed by atoms with Gasteiger partial charge in [0, 0.05) is 25.1 Å². The SMILES string of the molecule is CC(C)CC(=O)N1Cc2ccccc2CC1C(=O)Nc1cc(Cl)c(N)c(Cl)c1. The minimum absolute atomic E-state index is 0.0296. The van der Waals surface area contributed by atoms with E-state index in [0.717, 1.165) is 11.1 Å². The number of benzene rings is 2. The van der Waals surface area contributed by atoms with E-state index in [0.29, 0.717) is 25.1 Å². The second-order valence-electron chi connectivity index (χ2n) is 7.45. The number of nitrogens with two attached hydrogens (primary N) is 1. The lowest BCUT2D eigenvalue weighted by Gasteiger charge is -2.36. The standard InChI is InChI=1S/C21H23Cl2N3O2/c1-12(2)7-19(27)26-11-14-6-4-3-5-13(14)8-18(26)21(28)25-15-9-16(22)20(24)17(23)10-15/h3-6,9-10,12,18H,7-8,11,24H2,1-2H3,(H,25,28). The van der Waals surface area contributed by atoms with Crippen molar-refractivity contribution >= 4 is 46.4 Å². The van der Waals surface area contributed by atoms with Crippen molar-refractivity contribution in [3.63, 3.8) is 0 Å². The Balaban J connectivity index is 1.87. The fourth-order valence-electron chi connectivity index (χ4n) is 3.37. The largest absolute Gasteiger partial charge is 0.396 e. The minimum Gasteiger partial charge on any atom is -0.396 e. The lowest BCUT2D eigenvalue weighted by molar-refractivity contribution is -0.140. The Morgan fingerprint density at radius 3 is 2.39 bits per heavy atom. The van der Waals surface area contributed by atoms with E-state index in [1.54, 1.807) is 17.0 Å². The Kier molecular flexibility index (Phi) is 6.16. The molecule has 148 valence electrons. The van der Waals surface area contributed by atoms with Crippen LogP contribution in [0.4, 0.5) is 11.4 Å². The highest BCUT2D eigenvalue weighted by molar-refractivity contribution is 6.39. The first kappa shape index (κ1) is 20.5. The van der Waals surface area contributed by atoms with Crippen molar-refractivity contribution in [2.75, 3.05) is 11.1 Å². The van der Waals surface area contributed by atoms with Crippen LogP contribution in [-0.2, 0) is 22.6 Å². The van der Waals surface area contributed by atoms with Gasteiger partial charge in [-0.2, -0.15) is 0 Å². The molecule has 1 aliphatic rings. The van der Waals surface area contributed by atoms with Crippen LogP contribution in [0.1, 0.15) is 31.4 Å². The Hall–Kier alpha value is -2.24. The molecule has 0 bridgehead atoms. The van der Waals surface area contributed by atoms with Gasteiger partial charge in [-0.1, -0.05) is 61.3 Å². The average Bonchev–Trinajstić information content (AvgIpc) is 2.64. The molecule has 1 heterocycles. The zero-order valence-electron chi connectivity index (χ0n) is 15.8. The van der Waals surface area contributed by atoms with Crippen molar-refractivity contribution < 1.29 is 9.59 Å². The number of carbonyl (C=O) groups is 2. The number of halogens is 2.